The van der Waals surface area contributed by atoms with Gasteiger partial charge in [-0.1, -0.05) is 6.92 Å². The Hall–Kier alpha value is -1.20. The lowest BCUT2D eigenvalue weighted by Gasteiger charge is -2.30. The molecule has 22 heavy (non-hydrogen) atoms. The number of aryl methyl sites for hydroxylation is 1. The number of morpholine rings is 1. The minimum Gasteiger partial charge on any atom is -0.379 e. The predicted molar refractivity (Wildman–Crippen MR) is 88.2 cm³/mol. The molecule has 0 radical (unpaired) electrons. The predicted octanol–water partition coefficient (Wildman–Crippen LogP) is 1.98. The lowest BCUT2D eigenvalue weighted by Crippen LogP contribution is -2.37. The molecule has 0 atom stereocenters. The minimum atomic E-state index is 0.843. The molecule has 0 amide bonds. The Labute approximate surface area is 133 Å². The van der Waals surface area contributed by atoms with Gasteiger partial charge < -0.3 is 9.64 Å². The molecule has 0 aliphatic carbocycles. The fourth-order valence-electron chi connectivity index (χ4n) is 3.18. The Morgan fingerprint density at radius 2 is 1.77 bits per heavy atom. The van der Waals surface area contributed by atoms with Crippen LogP contribution in [0.1, 0.15) is 31.7 Å². The summed E-state index contributed by atoms with van der Waals surface area (Å²) in [7, 11) is 0. The van der Waals surface area contributed by atoms with Crippen LogP contribution >= 0.6 is 0 Å². The van der Waals surface area contributed by atoms with Crippen LogP contribution in [0.4, 0.5) is 5.95 Å². The second-order valence-corrected chi connectivity index (χ2v) is 6.62. The Morgan fingerprint density at radius 1 is 1.09 bits per heavy atom. The molecule has 2 fully saturated rings. The number of piperidine rings is 1. The van der Waals surface area contributed by atoms with Crippen LogP contribution in [-0.4, -0.2) is 60.8 Å². The molecule has 1 aromatic rings. The smallest absolute Gasteiger partial charge is 0.225 e. The van der Waals surface area contributed by atoms with Crippen LogP contribution in [-0.2, 0) is 11.2 Å². The lowest BCUT2D eigenvalue weighted by atomic mass is 10.00. The molecule has 1 aromatic heterocycles. The van der Waals surface area contributed by atoms with Crippen molar-refractivity contribution in [3.8, 4) is 0 Å². The van der Waals surface area contributed by atoms with Crippen LogP contribution in [0.3, 0.4) is 0 Å². The van der Waals surface area contributed by atoms with E-state index in [4.69, 9.17) is 4.74 Å². The number of hydrogen-bond acceptors (Lipinski definition) is 5. The standard InChI is InChI=1S/C17H28N4O/c1-15-4-7-21(8-5-15)17-18-13-16(14-19-17)3-2-6-20-9-11-22-12-10-20/h13-15H,2-12H2,1H3. The second kappa shape index (κ2) is 7.88. The first-order chi connectivity index (χ1) is 10.8. The molecule has 0 spiro atoms. The van der Waals surface area contributed by atoms with E-state index in [0.717, 1.165) is 64.2 Å². The average Bonchev–Trinajstić information content (AvgIpc) is 2.57. The van der Waals surface area contributed by atoms with Crippen LogP contribution in [0.2, 0.25) is 0 Å². The quantitative estimate of drug-likeness (QED) is 0.832. The summed E-state index contributed by atoms with van der Waals surface area (Å²) in [6, 6.07) is 0. The van der Waals surface area contributed by atoms with Gasteiger partial charge in [0, 0.05) is 38.6 Å². The molecule has 0 N–H and O–H groups in total. The SMILES string of the molecule is CC1CCN(c2ncc(CCCN3CCOCC3)cn2)CC1. The molecular weight excluding hydrogens is 276 g/mol. The van der Waals surface area contributed by atoms with Crippen molar-refractivity contribution in [1.29, 1.82) is 0 Å². The van der Waals surface area contributed by atoms with E-state index in [0.29, 0.717) is 0 Å². The number of rotatable bonds is 5. The molecule has 3 heterocycles. The zero-order chi connectivity index (χ0) is 15.2. The van der Waals surface area contributed by atoms with Crippen molar-refractivity contribution in [3.63, 3.8) is 0 Å². The second-order valence-electron chi connectivity index (χ2n) is 6.62. The molecule has 122 valence electrons. The summed E-state index contributed by atoms with van der Waals surface area (Å²) in [6.45, 7) is 9.57. The highest BCUT2D eigenvalue weighted by molar-refractivity contribution is 5.30. The summed E-state index contributed by atoms with van der Waals surface area (Å²) >= 11 is 0. The van der Waals surface area contributed by atoms with Crippen molar-refractivity contribution in [2.24, 2.45) is 5.92 Å². The summed E-state index contributed by atoms with van der Waals surface area (Å²) in [5, 5.41) is 0. The Morgan fingerprint density at radius 3 is 2.45 bits per heavy atom. The van der Waals surface area contributed by atoms with Crippen LogP contribution in [0, 0.1) is 5.92 Å². The number of aromatic nitrogens is 2. The van der Waals surface area contributed by atoms with Crippen molar-refractivity contribution >= 4 is 5.95 Å². The van der Waals surface area contributed by atoms with Crippen molar-refractivity contribution in [2.45, 2.75) is 32.6 Å². The maximum absolute atomic E-state index is 5.38. The maximum Gasteiger partial charge on any atom is 0.225 e. The summed E-state index contributed by atoms with van der Waals surface area (Å²) < 4.78 is 5.38. The highest BCUT2D eigenvalue weighted by Gasteiger charge is 2.17. The lowest BCUT2D eigenvalue weighted by molar-refractivity contribution is 0.0374. The highest BCUT2D eigenvalue weighted by atomic mass is 16.5. The van der Waals surface area contributed by atoms with Gasteiger partial charge in [0.2, 0.25) is 5.95 Å². The fourth-order valence-corrected chi connectivity index (χ4v) is 3.18. The van der Waals surface area contributed by atoms with Gasteiger partial charge in [0.15, 0.2) is 0 Å². The summed E-state index contributed by atoms with van der Waals surface area (Å²) in [4.78, 5) is 13.9. The zero-order valence-corrected chi connectivity index (χ0v) is 13.7. The molecule has 2 aliphatic rings. The van der Waals surface area contributed by atoms with E-state index in [1.54, 1.807) is 0 Å². The molecule has 2 saturated heterocycles. The van der Waals surface area contributed by atoms with Crippen molar-refractivity contribution in [1.82, 2.24) is 14.9 Å². The van der Waals surface area contributed by atoms with Gasteiger partial charge in [-0.2, -0.15) is 0 Å². The summed E-state index contributed by atoms with van der Waals surface area (Å²) in [6.07, 6.45) is 8.77. The summed E-state index contributed by atoms with van der Waals surface area (Å²) in [5.74, 6) is 1.75. The van der Waals surface area contributed by atoms with Gasteiger partial charge >= 0.3 is 0 Å². The van der Waals surface area contributed by atoms with E-state index in [1.165, 1.54) is 24.8 Å². The third-order valence-corrected chi connectivity index (χ3v) is 4.80. The fraction of sp³-hybridized carbons (Fsp3) is 0.765. The maximum atomic E-state index is 5.38. The van der Waals surface area contributed by atoms with E-state index in [9.17, 15) is 0 Å². The van der Waals surface area contributed by atoms with E-state index in [2.05, 4.69) is 26.7 Å². The first-order valence-corrected chi connectivity index (χ1v) is 8.67. The average molecular weight is 304 g/mol. The molecular formula is C17H28N4O. The molecule has 2 aliphatic heterocycles. The van der Waals surface area contributed by atoms with E-state index >= 15 is 0 Å². The van der Waals surface area contributed by atoms with Gasteiger partial charge in [0.25, 0.3) is 0 Å². The third kappa shape index (κ3) is 4.40. The molecule has 0 unspecified atom stereocenters. The summed E-state index contributed by atoms with van der Waals surface area (Å²) in [5.41, 5.74) is 1.25. The molecule has 5 heteroatoms. The van der Waals surface area contributed by atoms with Gasteiger partial charge in [0.1, 0.15) is 0 Å². The number of nitrogens with zero attached hydrogens (tertiary/aromatic N) is 4. The van der Waals surface area contributed by atoms with Crippen molar-refractivity contribution < 1.29 is 4.74 Å². The van der Waals surface area contributed by atoms with Gasteiger partial charge in [-0.15, -0.1) is 0 Å². The molecule has 5 nitrogen and oxygen atoms in total. The van der Waals surface area contributed by atoms with Gasteiger partial charge in [-0.25, -0.2) is 9.97 Å². The molecule has 0 aromatic carbocycles. The van der Waals surface area contributed by atoms with E-state index < -0.39 is 0 Å². The van der Waals surface area contributed by atoms with Crippen LogP contribution in [0.5, 0.6) is 0 Å². The Kier molecular flexibility index (Phi) is 5.62. The minimum absolute atomic E-state index is 0.843. The highest BCUT2D eigenvalue weighted by Crippen LogP contribution is 2.19. The largest absolute Gasteiger partial charge is 0.379 e. The molecule has 3 rings (SSSR count). The Balaban J connectivity index is 1.43. The number of anilines is 1. The van der Waals surface area contributed by atoms with Gasteiger partial charge in [-0.3, -0.25) is 4.90 Å². The van der Waals surface area contributed by atoms with Crippen molar-refractivity contribution in [3.05, 3.63) is 18.0 Å². The van der Waals surface area contributed by atoms with Gasteiger partial charge in [-0.05, 0) is 43.7 Å². The molecule has 0 saturated carbocycles. The normalized spacial score (nSPS) is 21.2. The number of hydrogen-bond donors (Lipinski definition) is 0. The Bertz CT molecular complexity index is 436. The topological polar surface area (TPSA) is 41.5 Å². The van der Waals surface area contributed by atoms with Gasteiger partial charge in [0.05, 0.1) is 13.2 Å². The van der Waals surface area contributed by atoms with Crippen LogP contribution in [0.25, 0.3) is 0 Å². The number of ether oxygens (including phenoxy) is 1. The third-order valence-electron chi connectivity index (χ3n) is 4.80. The zero-order valence-electron chi connectivity index (χ0n) is 13.7. The first-order valence-electron chi connectivity index (χ1n) is 8.67. The van der Waals surface area contributed by atoms with E-state index in [-0.39, 0.29) is 0 Å². The first kappa shape index (κ1) is 15.7. The molecule has 0 bridgehead atoms. The van der Waals surface area contributed by atoms with Crippen LogP contribution in [0.15, 0.2) is 12.4 Å². The van der Waals surface area contributed by atoms with E-state index in [1.807, 2.05) is 12.4 Å². The monoisotopic (exact) mass is 304 g/mol. The van der Waals surface area contributed by atoms with Crippen LogP contribution < -0.4 is 4.90 Å². The van der Waals surface area contributed by atoms with Crippen molar-refractivity contribution in [2.75, 3.05) is 50.8 Å².